The van der Waals surface area contributed by atoms with Gasteiger partial charge in [-0.15, -0.1) is 0 Å². The van der Waals surface area contributed by atoms with Crippen molar-refractivity contribution in [3.05, 3.63) is 0 Å². The number of β-amino-alcohol motifs (C(OH)–C–C–N with tert-alkyl or cyclic N) is 1. The van der Waals surface area contributed by atoms with Gasteiger partial charge in [0.15, 0.2) is 0 Å². The molecule has 5 nitrogen and oxygen atoms in total. The number of likely N-dealkylation sites (tertiary alicyclic amines) is 1. The molecule has 1 aliphatic heterocycles. The minimum Gasteiger partial charge on any atom is -0.465 e. The molecule has 1 fully saturated rings. The molecule has 0 aromatic carbocycles. The van der Waals surface area contributed by atoms with E-state index in [-0.39, 0.29) is 13.2 Å². The van der Waals surface area contributed by atoms with Gasteiger partial charge in [-0.25, -0.2) is 4.79 Å². The number of hydrogen-bond acceptors (Lipinski definition) is 3. The highest BCUT2D eigenvalue weighted by Gasteiger charge is 2.33. The van der Waals surface area contributed by atoms with Crippen LogP contribution in [0.4, 0.5) is 4.79 Å². The van der Waals surface area contributed by atoms with Crippen LogP contribution in [0.3, 0.4) is 0 Å². The van der Waals surface area contributed by atoms with Crippen LogP contribution in [-0.2, 0) is 0 Å². The second-order valence-electron chi connectivity index (χ2n) is 2.66. The molecule has 3 N–H and O–H groups in total. The van der Waals surface area contributed by atoms with Crippen LogP contribution in [0, 0.1) is 0 Å². The maximum absolute atomic E-state index is 10.4. The Morgan fingerprint density at radius 2 is 2.27 bits per heavy atom. The second kappa shape index (κ2) is 3.06. The monoisotopic (exact) mass is 161 g/mol. The SMILES string of the molecule is O=C(O)N1C[C@H](O)C[C@@H]1CO. The molecular weight excluding hydrogens is 150 g/mol. The van der Waals surface area contributed by atoms with Crippen molar-refractivity contribution in [1.82, 2.24) is 4.90 Å². The normalized spacial score (nSPS) is 30.9. The summed E-state index contributed by atoms with van der Waals surface area (Å²) in [6, 6.07) is -0.428. The summed E-state index contributed by atoms with van der Waals surface area (Å²) in [5.41, 5.74) is 0. The van der Waals surface area contributed by atoms with Crippen molar-refractivity contribution in [3.8, 4) is 0 Å². The topological polar surface area (TPSA) is 81.0 Å². The van der Waals surface area contributed by atoms with Gasteiger partial charge in [0.25, 0.3) is 0 Å². The van der Waals surface area contributed by atoms with Crippen LogP contribution in [0.2, 0.25) is 0 Å². The molecule has 5 heteroatoms. The summed E-state index contributed by atoms with van der Waals surface area (Å²) in [7, 11) is 0. The first-order chi connectivity index (χ1) is 5.15. The molecule has 0 saturated carbocycles. The van der Waals surface area contributed by atoms with Crippen LogP contribution >= 0.6 is 0 Å². The summed E-state index contributed by atoms with van der Waals surface area (Å²) in [4.78, 5) is 11.5. The van der Waals surface area contributed by atoms with E-state index in [9.17, 15) is 4.79 Å². The second-order valence-corrected chi connectivity index (χ2v) is 2.66. The van der Waals surface area contributed by atoms with E-state index in [4.69, 9.17) is 15.3 Å². The summed E-state index contributed by atoms with van der Waals surface area (Å²) in [6.07, 6.45) is -1.37. The van der Waals surface area contributed by atoms with Crippen LogP contribution in [0.1, 0.15) is 6.42 Å². The molecule has 0 radical (unpaired) electrons. The number of carboxylic acid groups (broad SMARTS) is 1. The standard InChI is InChI=1S/C6H11NO4/c8-3-4-1-5(9)2-7(4)6(10)11/h4-5,8-9H,1-3H2,(H,10,11)/t4-,5-/m1/s1. The zero-order valence-electron chi connectivity index (χ0n) is 5.97. The van der Waals surface area contributed by atoms with E-state index in [1.165, 1.54) is 0 Å². The molecule has 1 heterocycles. The highest BCUT2D eigenvalue weighted by Crippen LogP contribution is 2.16. The van der Waals surface area contributed by atoms with Gasteiger partial charge in [-0.05, 0) is 6.42 Å². The van der Waals surface area contributed by atoms with Crippen molar-refractivity contribution >= 4 is 6.09 Å². The van der Waals surface area contributed by atoms with Crippen LogP contribution < -0.4 is 0 Å². The molecule has 0 aliphatic carbocycles. The maximum Gasteiger partial charge on any atom is 0.407 e. The predicted molar refractivity (Wildman–Crippen MR) is 36.2 cm³/mol. The molecule has 1 saturated heterocycles. The lowest BCUT2D eigenvalue weighted by Crippen LogP contribution is -2.36. The van der Waals surface area contributed by atoms with Crippen molar-refractivity contribution in [2.75, 3.05) is 13.2 Å². The Bertz CT molecular complexity index is 161. The number of carbonyl (C=O) groups is 1. The van der Waals surface area contributed by atoms with Crippen LogP contribution in [0.15, 0.2) is 0 Å². The minimum atomic E-state index is -1.08. The van der Waals surface area contributed by atoms with Crippen LogP contribution in [0.5, 0.6) is 0 Å². The Balaban J connectivity index is 2.57. The zero-order chi connectivity index (χ0) is 8.43. The molecule has 0 unspecified atom stereocenters. The average molecular weight is 161 g/mol. The number of aliphatic hydroxyl groups is 2. The van der Waals surface area contributed by atoms with Gasteiger partial charge in [-0.2, -0.15) is 0 Å². The highest BCUT2D eigenvalue weighted by molar-refractivity contribution is 5.66. The Hall–Kier alpha value is -0.810. The molecule has 0 spiro atoms. The van der Waals surface area contributed by atoms with E-state index in [1.54, 1.807) is 0 Å². The lowest BCUT2D eigenvalue weighted by molar-refractivity contribution is 0.115. The van der Waals surface area contributed by atoms with Crippen molar-refractivity contribution < 1.29 is 20.1 Å². The van der Waals surface area contributed by atoms with Crippen molar-refractivity contribution in [1.29, 1.82) is 0 Å². The number of rotatable bonds is 1. The van der Waals surface area contributed by atoms with Crippen LogP contribution in [0.25, 0.3) is 0 Å². The lowest BCUT2D eigenvalue weighted by Gasteiger charge is -2.17. The Morgan fingerprint density at radius 3 is 2.64 bits per heavy atom. The summed E-state index contributed by atoms with van der Waals surface area (Å²) in [5, 5.41) is 26.3. The third kappa shape index (κ3) is 1.61. The van der Waals surface area contributed by atoms with Crippen molar-refractivity contribution in [2.24, 2.45) is 0 Å². The largest absolute Gasteiger partial charge is 0.465 e. The Labute approximate surface area is 63.9 Å². The highest BCUT2D eigenvalue weighted by atomic mass is 16.4. The molecule has 0 aromatic heterocycles. The number of hydrogen-bond donors (Lipinski definition) is 3. The summed E-state index contributed by atoms with van der Waals surface area (Å²) in [5.74, 6) is 0. The van der Waals surface area contributed by atoms with Gasteiger partial charge in [0.1, 0.15) is 0 Å². The van der Waals surface area contributed by atoms with Crippen molar-refractivity contribution in [2.45, 2.75) is 18.6 Å². The van der Waals surface area contributed by atoms with E-state index in [0.717, 1.165) is 4.90 Å². The third-order valence-corrected chi connectivity index (χ3v) is 1.85. The van der Waals surface area contributed by atoms with Gasteiger partial charge in [0.05, 0.1) is 25.3 Å². The average Bonchev–Trinajstić information content (AvgIpc) is 2.30. The van der Waals surface area contributed by atoms with Crippen molar-refractivity contribution in [3.63, 3.8) is 0 Å². The first-order valence-corrected chi connectivity index (χ1v) is 3.43. The summed E-state index contributed by atoms with van der Waals surface area (Å²) in [6.45, 7) is -0.107. The molecule has 64 valence electrons. The molecular formula is C6H11NO4. The van der Waals surface area contributed by atoms with E-state index >= 15 is 0 Å². The molecule has 1 rings (SSSR count). The maximum atomic E-state index is 10.4. The van der Waals surface area contributed by atoms with E-state index in [0.29, 0.717) is 6.42 Å². The summed E-state index contributed by atoms with van der Waals surface area (Å²) < 4.78 is 0. The van der Waals surface area contributed by atoms with E-state index in [1.807, 2.05) is 0 Å². The molecule has 2 atom stereocenters. The van der Waals surface area contributed by atoms with Gasteiger partial charge in [-0.3, -0.25) is 0 Å². The first-order valence-electron chi connectivity index (χ1n) is 3.43. The number of aliphatic hydroxyl groups excluding tert-OH is 2. The molecule has 11 heavy (non-hydrogen) atoms. The molecule has 0 aromatic rings. The first kappa shape index (κ1) is 8.29. The zero-order valence-corrected chi connectivity index (χ0v) is 5.97. The van der Waals surface area contributed by atoms with Gasteiger partial charge in [0, 0.05) is 0 Å². The van der Waals surface area contributed by atoms with Gasteiger partial charge in [-0.1, -0.05) is 0 Å². The van der Waals surface area contributed by atoms with E-state index < -0.39 is 18.2 Å². The van der Waals surface area contributed by atoms with Gasteiger partial charge < -0.3 is 20.2 Å². The fraction of sp³-hybridized carbons (Fsp3) is 0.833. The smallest absolute Gasteiger partial charge is 0.407 e. The molecule has 1 amide bonds. The fourth-order valence-electron chi connectivity index (χ4n) is 1.30. The molecule has 0 bridgehead atoms. The molecule has 1 aliphatic rings. The van der Waals surface area contributed by atoms with Crippen LogP contribution in [-0.4, -0.2) is 51.6 Å². The fourth-order valence-corrected chi connectivity index (χ4v) is 1.30. The number of amides is 1. The summed E-state index contributed by atoms with van der Waals surface area (Å²) >= 11 is 0. The minimum absolute atomic E-state index is 0.112. The lowest BCUT2D eigenvalue weighted by atomic mass is 10.2. The number of nitrogens with zero attached hydrogens (tertiary/aromatic N) is 1. The predicted octanol–water partition coefficient (Wildman–Crippen LogP) is -0.908. The van der Waals surface area contributed by atoms with E-state index in [2.05, 4.69) is 0 Å². The van der Waals surface area contributed by atoms with Gasteiger partial charge >= 0.3 is 6.09 Å². The Kier molecular flexibility index (Phi) is 2.31. The van der Waals surface area contributed by atoms with Gasteiger partial charge in [0.2, 0.25) is 0 Å². The third-order valence-electron chi connectivity index (χ3n) is 1.85. The quantitative estimate of drug-likeness (QED) is 0.465. The Morgan fingerprint density at radius 1 is 1.64 bits per heavy atom.